The van der Waals surface area contributed by atoms with E-state index in [0.29, 0.717) is 30.0 Å². The first-order chi connectivity index (χ1) is 23.5. The van der Waals surface area contributed by atoms with E-state index in [1.54, 1.807) is 23.3 Å². The number of ether oxygens (including phenoxy) is 2. The van der Waals surface area contributed by atoms with Crippen molar-refractivity contribution in [2.75, 3.05) is 12.0 Å². The third-order valence-corrected chi connectivity index (χ3v) is 8.89. The first kappa shape index (κ1) is 33.0. The van der Waals surface area contributed by atoms with Crippen LogP contribution in [0.25, 0.3) is 5.70 Å². The number of carbonyl (C=O) groups excluding carboxylic acids is 1. The third-order valence-electron chi connectivity index (χ3n) is 8.39. The Morgan fingerprint density at radius 1 is 0.875 bits per heavy atom. The van der Waals surface area contributed by atoms with Gasteiger partial charge in [0.2, 0.25) is 5.91 Å². The second-order valence-electron chi connectivity index (χ2n) is 11.6. The smallest absolute Gasteiger partial charge is 0.235 e. The van der Waals surface area contributed by atoms with Crippen molar-refractivity contribution in [3.05, 3.63) is 172 Å². The maximum Gasteiger partial charge on any atom is 0.235 e. The summed E-state index contributed by atoms with van der Waals surface area (Å²) in [5.41, 5.74) is 4.74. The Balaban J connectivity index is 1.40. The lowest BCUT2D eigenvalue weighted by molar-refractivity contribution is -0.135. The van der Waals surface area contributed by atoms with Crippen molar-refractivity contribution in [3.63, 3.8) is 0 Å². The average Bonchev–Trinajstić information content (AvgIpc) is 3.62. The molecule has 1 aliphatic rings. The molecular formula is C40H36BrFN2O4. The summed E-state index contributed by atoms with van der Waals surface area (Å²) in [5, 5.41) is 14.9. The third kappa shape index (κ3) is 8.13. The number of rotatable bonds is 13. The summed E-state index contributed by atoms with van der Waals surface area (Å²) in [4.78, 5) is 16.5. The van der Waals surface area contributed by atoms with Gasteiger partial charge in [-0.25, -0.2) is 4.39 Å². The summed E-state index contributed by atoms with van der Waals surface area (Å²) >= 11 is 3.61. The van der Waals surface area contributed by atoms with E-state index in [4.69, 9.17) is 9.47 Å². The number of hydrogen-bond donors (Lipinski definition) is 2. The largest absolute Gasteiger partial charge is 0.489 e. The Labute approximate surface area is 288 Å². The van der Waals surface area contributed by atoms with Crippen LogP contribution in [0.1, 0.15) is 47.2 Å². The van der Waals surface area contributed by atoms with Gasteiger partial charge in [-0.3, -0.25) is 9.69 Å². The van der Waals surface area contributed by atoms with Gasteiger partial charge in [-0.1, -0.05) is 113 Å². The molecule has 0 radical (unpaired) electrons. The Bertz CT molecular complexity index is 1820. The van der Waals surface area contributed by atoms with Crippen LogP contribution < -0.4 is 10.1 Å². The van der Waals surface area contributed by atoms with Gasteiger partial charge in [0, 0.05) is 21.3 Å². The van der Waals surface area contributed by atoms with Gasteiger partial charge in [0.05, 0.1) is 23.8 Å². The molecule has 0 aliphatic carbocycles. The number of nitrogens with zero attached hydrogens (tertiary/aromatic N) is 1. The summed E-state index contributed by atoms with van der Waals surface area (Å²) in [7, 11) is 0. The van der Waals surface area contributed by atoms with Crippen LogP contribution in [0, 0.1) is 11.7 Å². The van der Waals surface area contributed by atoms with Crippen LogP contribution in [-0.4, -0.2) is 22.6 Å². The molecule has 5 aromatic carbocycles. The highest BCUT2D eigenvalue weighted by Crippen LogP contribution is 2.40. The van der Waals surface area contributed by atoms with Gasteiger partial charge in [-0.15, -0.1) is 0 Å². The van der Waals surface area contributed by atoms with Gasteiger partial charge in [-0.05, 0) is 60.4 Å². The number of carbonyl (C=O) groups is 1. The number of halogens is 2. The number of anilines is 1. The normalized spacial score (nSPS) is 14.4. The summed E-state index contributed by atoms with van der Waals surface area (Å²) in [5.74, 6) is -0.609. The highest BCUT2D eigenvalue weighted by Gasteiger charge is 2.38. The quantitative estimate of drug-likeness (QED) is 0.128. The molecule has 2 N–H and O–H groups in total. The molecule has 3 atom stereocenters. The summed E-state index contributed by atoms with van der Waals surface area (Å²) in [6, 6.07) is 40.4. The van der Waals surface area contributed by atoms with E-state index >= 15 is 0 Å². The monoisotopic (exact) mass is 706 g/mol. The standard InChI is InChI=1S/C40H36BrFN2O4/c41-31-18-21-34(38(24-31)48-25-28-10-4-1-5-11-28)39(43-33-14-8-3-9-15-33)35(22-23-37(45)30-16-19-32(42)20-17-30)40(46)44-27-47-26-36(44)29-12-6-2-7-13-29/h1-21,24,26,35,37,39,43,45H,22-23,25,27H2. The maximum absolute atomic E-state index is 14.9. The zero-order valence-electron chi connectivity index (χ0n) is 26.2. The number of para-hydroxylation sites is 1. The van der Waals surface area contributed by atoms with E-state index in [9.17, 15) is 14.3 Å². The number of hydrogen-bond acceptors (Lipinski definition) is 5. The number of aliphatic hydroxyl groups is 1. The highest BCUT2D eigenvalue weighted by atomic mass is 79.9. The van der Waals surface area contributed by atoms with Gasteiger partial charge in [0.15, 0.2) is 6.73 Å². The lowest BCUT2D eigenvalue weighted by Crippen LogP contribution is -2.39. The molecule has 8 heteroatoms. The van der Waals surface area contributed by atoms with E-state index in [2.05, 4.69) is 21.2 Å². The Morgan fingerprint density at radius 2 is 1.54 bits per heavy atom. The van der Waals surface area contributed by atoms with Crippen molar-refractivity contribution in [1.29, 1.82) is 0 Å². The predicted molar refractivity (Wildman–Crippen MR) is 189 cm³/mol. The summed E-state index contributed by atoms with van der Waals surface area (Å²) in [6.45, 7) is 0.404. The number of aliphatic hydroxyl groups excluding tert-OH is 1. The van der Waals surface area contributed by atoms with Crippen LogP contribution in [0.5, 0.6) is 5.75 Å². The molecule has 6 nitrogen and oxygen atoms in total. The van der Waals surface area contributed by atoms with Crippen LogP contribution in [0.4, 0.5) is 10.1 Å². The van der Waals surface area contributed by atoms with Crippen molar-refractivity contribution >= 4 is 33.2 Å². The second kappa shape index (κ2) is 15.8. The van der Waals surface area contributed by atoms with Crippen molar-refractivity contribution in [2.24, 2.45) is 5.92 Å². The number of nitrogens with one attached hydrogen (secondary N) is 1. The molecule has 1 heterocycles. The molecule has 48 heavy (non-hydrogen) atoms. The fraction of sp³-hybridized carbons (Fsp3) is 0.175. The van der Waals surface area contributed by atoms with Gasteiger partial charge < -0.3 is 19.9 Å². The fourth-order valence-electron chi connectivity index (χ4n) is 5.90. The predicted octanol–water partition coefficient (Wildman–Crippen LogP) is 9.27. The van der Waals surface area contributed by atoms with Gasteiger partial charge in [-0.2, -0.15) is 0 Å². The number of amides is 1. The molecule has 1 amide bonds. The van der Waals surface area contributed by atoms with Crippen molar-refractivity contribution in [1.82, 2.24) is 4.90 Å². The van der Waals surface area contributed by atoms with Crippen LogP contribution in [0.2, 0.25) is 0 Å². The maximum atomic E-state index is 14.9. The molecule has 0 spiro atoms. The molecule has 0 fully saturated rings. The molecular weight excluding hydrogens is 671 g/mol. The molecule has 6 rings (SSSR count). The first-order valence-corrected chi connectivity index (χ1v) is 16.7. The van der Waals surface area contributed by atoms with E-state index in [-0.39, 0.29) is 24.9 Å². The van der Waals surface area contributed by atoms with Crippen molar-refractivity contribution in [2.45, 2.75) is 31.6 Å². The molecule has 0 saturated carbocycles. The van der Waals surface area contributed by atoms with Crippen LogP contribution in [-0.2, 0) is 16.1 Å². The lowest BCUT2D eigenvalue weighted by Gasteiger charge is -2.33. The fourth-order valence-corrected chi connectivity index (χ4v) is 6.24. The van der Waals surface area contributed by atoms with Crippen LogP contribution in [0.15, 0.2) is 144 Å². The van der Waals surface area contributed by atoms with Gasteiger partial charge in [0.25, 0.3) is 0 Å². The average molecular weight is 708 g/mol. The topological polar surface area (TPSA) is 71.0 Å². The van der Waals surface area contributed by atoms with E-state index in [0.717, 1.165) is 26.9 Å². The highest BCUT2D eigenvalue weighted by molar-refractivity contribution is 9.10. The first-order valence-electron chi connectivity index (χ1n) is 15.9. The SMILES string of the molecule is O=C(C(CCC(O)c1ccc(F)cc1)C(Nc1ccccc1)c1ccc(Br)cc1OCc1ccccc1)N1COC=C1c1ccccc1. The van der Waals surface area contributed by atoms with E-state index in [1.807, 2.05) is 109 Å². The summed E-state index contributed by atoms with van der Waals surface area (Å²) in [6.07, 6.45) is 1.26. The lowest BCUT2D eigenvalue weighted by atomic mass is 9.85. The molecule has 5 aromatic rings. The molecule has 0 bridgehead atoms. The van der Waals surface area contributed by atoms with E-state index < -0.39 is 18.1 Å². The van der Waals surface area contributed by atoms with E-state index in [1.165, 1.54) is 12.1 Å². The minimum Gasteiger partial charge on any atom is -0.489 e. The molecule has 0 saturated heterocycles. The minimum atomic E-state index is -0.907. The Morgan fingerprint density at radius 3 is 2.25 bits per heavy atom. The zero-order valence-corrected chi connectivity index (χ0v) is 27.8. The second-order valence-corrected chi connectivity index (χ2v) is 12.5. The van der Waals surface area contributed by atoms with Crippen LogP contribution >= 0.6 is 15.9 Å². The zero-order chi connectivity index (χ0) is 33.3. The van der Waals surface area contributed by atoms with Gasteiger partial charge >= 0.3 is 0 Å². The van der Waals surface area contributed by atoms with Crippen molar-refractivity contribution in [3.8, 4) is 5.75 Å². The molecule has 0 aromatic heterocycles. The molecule has 244 valence electrons. The summed E-state index contributed by atoms with van der Waals surface area (Å²) < 4.78 is 26.7. The van der Waals surface area contributed by atoms with Crippen LogP contribution in [0.3, 0.4) is 0 Å². The molecule has 1 aliphatic heterocycles. The molecule has 3 unspecified atom stereocenters. The Hall–Kier alpha value is -4.92. The number of benzene rings is 5. The van der Waals surface area contributed by atoms with Gasteiger partial charge in [0.1, 0.15) is 24.4 Å². The minimum absolute atomic E-state index is 0.0653. The van der Waals surface area contributed by atoms with Crippen molar-refractivity contribution < 1.29 is 23.8 Å². The Kier molecular flexibility index (Phi) is 10.8.